The highest BCUT2D eigenvalue weighted by atomic mass is 16.5. The van der Waals surface area contributed by atoms with E-state index in [4.69, 9.17) is 4.74 Å². The van der Waals surface area contributed by atoms with Crippen molar-refractivity contribution in [3.8, 4) is 5.75 Å². The third-order valence-corrected chi connectivity index (χ3v) is 6.57. The third kappa shape index (κ3) is 4.86. The summed E-state index contributed by atoms with van der Waals surface area (Å²) in [5.41, 5.74) is 6.04. The number of hydrogen-bond acceptors (Lipinski definition) is 3. The molecule has 0 spiro atoms. The van der Waals surface area contributed by atoms with Crippen LogP contribution in [0.4, 0.5) is 0 Å². The maximum absolute atomic E-state index is 13.7. The lowest BCUT2D eigenvalue weighted by atomic mass is 9.91. The van der Waals surface area contributed by atoms with Gasteiger partial charge in [0.15, 0.2) is 0 Å². The number of ether oxygens (including phenoxy) is 1. The number of methoxy groups -OCH3 is 1. The second kappa shape index (κ2) is 10.5. The first-order valence-electron chi connectivity index (χ1n) is 12.1. The van der Waals surface area contributed by atoms with Crippen LogP contribution in [0.15, 0.2) is 109 Å². The van der Waals surface area contributed by atoms with Crippen LogP contribution >= 0.6 is 0 Å². The van der Waals surface area contributed by atoms with E-state index in [1.54, 1.807) is 7.11 Å². The van der Waals surface area contributed by atoms with Crippen LogP contribution in [-0.4, -0.2) is 22.4 Å². The molecule has 5 rings (SSSR count). The predicted molar refractivity (Wildman–Crippen MR) is 142 cm³/mol. The molecular weight excluding hydrogens is 446 g/mol. The number of nitrogens with one attached hydrogen (secondary N) is 1. The van der Waals surface area contributed by atoms with E-state index in [0.29, 0.717) is 0 Å². The van der Waals surface area contributed by atoms with E-state index < -0.39 is 0 Å². The fourth-order valence-corrected chi connectivity index (χ4v) is 4.74. The van der Waals surface area contributed by atoms with Gasteiger partial charge in [-0.25, -0.2) is 4.98 Å². The number of fused-ring (bicyclic) bond motifs is 1. The zero-order chi connectivity index (χ0) is 24.9. The molecule has 0 radical (unpaired) electrons. The Bertz CT molecular complexity index is 1420. The summed E-state index contributed by atoms with van der Waals surface area (Å²) < 4.78 is 7.57. The Morgan fingerprint density at radius 1 is 0.889 bits per heavy atom. The number of carbonyl (C=O) groups excluding carboxylic acids is 1. The summed E-state index contributed by atoms with van der Waals surface area (Å²) in [6, 6.07) is 31.9. The van der Waals surface area contributed by atoms with Crippen LogP contribution in [0, 0.1) is 6.92 Å². The minimum atomic E-state index is -0.240. The molecule has 0 fully saturated rings. The summed E-state index contributed by atoms with van der Waals surface area (Å²) in [5.74, 6) is 0.515. The average Bonchev–Trinajstić information content (AvgIpc) is 3.36. The van der Waals surface area contributed by atoms with Gasteiger partial charge in [-0.2, -0.15) is 0 Å². The number of hydrogen-bond donors (Lipinski definition) is 1. The van der Waals surface area contributed by atoms with Crippen LogP contribution in [0.2, 0.25) is 0 Å². The fourth-order valence-electron chi connectivity index (χ4n) is 4.74. The van der Waals surface area contributed by atoms with Gasteiger partial charge in [-0.15, -0.1) is 0 Å². The van der Waals surface area contributed by atoms with E-state index in [1.165, 1.54) is 0 Å². The van der Waals surface area contributed by atoms with Crippen molar-refractivity contribution in [2.45, 2.75) is 25.3 Å². The van der Waals surface area contributed by atoms with Gasteiger partial charge in [0.2, 0.25) is 5.91 Å². The number of nitrogens with zero attached hydrogens (tertiary/aromatic N) is 2. The first kappa shape index (κ1) is 23.4. The molecule has 2 aromatic heterocycles. The van der Waals surface area contributed by atoms with Gasteiger partial charge < -0.3 is 14.5 Å². The number of amides is 1. The Morgan fingerprint density at radius 2 is 1.56 bits per heavy atom. The monoisotopic (exact) mass is 475 g/mol. The molecule has 0 unspecified atom stereocenters. The number of pyridine rings is 1. The smallest absolute Gasteiger partial charge is 0.221 e. The van der Waals surface area contributed by atoms with Gasteiger partial charge in [0.25, 0.3) is 0 Å². The molecule has 3 aromatic carbocycles. The summed E-state index contributed by atoms with van der Waals surface area (Å²) in [5, 5.41) is 3.30. The lowest BCUT2D eigenvalue weighted by Gasteiger charge is -2.23. The van der Waals surface area contributed by atoms with Gasteiger partial charge >= 0.3 is 0 Å². The molecule has 5 heteroatoms. The van der Waals surface area contributed by atoms with Gasteiger partial charge in [0.1, 0.15) is 11.4 Å². The third-order valence-electron chi connectivity index (χ3n) is 6.57. The molecule has 0 saturated carbocycles. The summed E-state index contributed by atoms with van der Waals surface area (Å²) in [4.78, 5) is 18.3. The maximum Gasteiger partial charge on any atom is 0.221 e. The molecule has 0 aliphatic carbocycles. The molecule has 1 atom stereocenters. The van der Waals surface area contributed by atoms with E-state index >= 15 is 0 Å². The molecule has 5 aromatic rings. The summed E-state index contributed by atoms with van der Waals surface area (Å²) in [7, 11) is 1.66. The quantitative estimate of drug-likeness (QED) is 0.296. The normalized spacial score (nSPS) is 12.0. The molecule has 5 nitrogen and oxygen atoms in total. The van der Waals surface area contributed by atoms with Crippen molar-refractivity contribution in [2.24, 2.45) is 0 Å². The molecule has 180 valence electrons. The first-order valence-corrected chi connectivity index (χ1v) is 12.1. The van der Waals surface area contributed by atoms with E-state index in [-0.39, 0.29) is 24.3 Å². The highest BCUT2D eigenvalue weighted by molar-refractivity contribution is 5.78. The number of benzene rings is 3. The molecular formula is C31H29N3O2. The van der Waals surface area contributed by atoms with Crippen LogP contribution in [-0.2, 0) is 4.79 Å². The van der Waals surface area contributed by atoms with Crippen LogP contribution in [0.25, 0.3) is 5.65 Å². The van der Waals surface area contributed by atoms with Crippen LogP contribution in [0.3, 0.4) is 0 Å². The maximum atomic E-state index is 13.7. The largest absolute Gasteiger partial charge is 0.497 e. The average molecular weight is 476 g/mol. The molecule has 0 bridgehead atoms. The standard InChI is InChI=1S/C31H29N3O2/c1-22-11-10-18-34-28(21-32-31(22)34)27(25-16-9-17-26(19-25)36-2)20-29(35)33-30(23-12-5-3-6-13-23)24-14-7-4-8-15-24/h3-19,21,27,30H,20H2,1-2H3,(H,33,35)/t27-/m1/s1. The molecule has 0 saturated heterocycles. The lowest BCUT2D eigenvalue weighted by molar-refractivity contribution is -0.121. The number of rotatable bonds is 8. The molecule has 0 aliphatic rings. The Kier molecular flexibility index (Phi) is 6.80. The van der Waals surface area contributed by atoms with E-state index in [1.807, 2.05) is 116 Å². The van der Waals surface area contributed by atoms with Crippen molar-refractivity contribution < 1.29 is 9.53 Å². The minimum Gasteiger partial charge on any atom is -0.497 e. The number of aryl methyl sites for hydroxylation is 1. The van der Waals surface area contributed by atoms with Crippen molar-refractivity contribution in [3.05, 3.63) is 137 Å². The highest BCUT2D eigenvalue weighted by Gasteiger charge is 2.25. The fraction of sp³-hybridized carbons (Fsp3) is 0.161. The molecule has 1 N–H and O–H groups in total. The minimum absolute atomic E-state index is 0.0388. The van der Waals surface area contributed by atoms with Crippen molar-refractivity contribution >= 4 is 11.6 Å². The SMILES string of the molecule is COc1cccc([C@@H](CC(=O)NC(c2ccccc2)c2ccccc2)c2cnc3c(C)cccn23)c1. The van der Waals surface area contributed by atoms with Crippen LogP contribution in [0.1, 0.15) is 46.3 Å². The molecule has 0 aliphatic heterocycles. The Labute approximate surface area is 211 Å². The van der Waals surface area contributed by atoms with Gasteiger partial charge in [-0.3, -0.25) is 4.79 Å². The number of carbonyl (C=O) groups is 1. The van der Waals surface area contributed by atoms with Gasteiger partial charge in [0, 0.05) is 24.7 Å². The van der Waals surface area contributed by atoms with Crippen molar-refractivity contribution in [2.75, 3.05) is 7.11 Å². The first-order chi connectivity index (χ1) is 17.6. The number of imidazole rings is 1. The van der Waals surface area contributed by atoms with Gasteiger partial charge in [-0.1, -0.05) is 78.9 Å². The Balaban J connectivity index is 1.51. The molecule has 36 heavy (non-hydrogen) atoms. The van der Waals surface area contributed by atoms with Crippen LogP contribution in [0.5, 0.6) is 5.75 Å². The topological polar surface area (TPSA) is 55.6 Å². The van der Waals surface area contributed by atoms with Gasteiger partial charge in [-0.05, 0) is 47.4 Å². The van der Waals surface area contributed by atoms with Gasteiger partial charge in [0.05, 0.1) is 18.8 Å². The predicted octanol–water partition coefficient (Wildman–Crippen LogP) is 6.08. The second-order valence-corrected chi connectivity index (χ2v) is 8.92. The summed E-state index contributed by atoms with van der Waals surface area (Å²) in [6.45, 7) is 2.05. The lowest BCUT2D eigenvalue weighted by Crippen LogP contribution is -2.30. The van der Waals surface area contributed by atoms with E-state index in [0.717, 1.165) is 39.3 Å². The number of aromatic nitrogens is 2. The van der Waals surface area contributed by atoms with E-state index in [9.17, 15) is 4.79 Å². The van der Waals surface area contributed by atoms with E-state index in [2.05, 4.69) is 14.7 Å². The van der Waals surface area contributed by atoms with Crippen molar-refractivity contribution in [1.82, 2.24) is 14.7 Å². The summed E-state index contributed by atoms with van der Waals surface area (Å²) in [6.07, 6.45) is 4.16. The zero-order valence-corrected chi connectivity index (χ0v) is 20.5. The van der Waals surface area contributed by atoms with Crippen LogP contribution < -0.4 is 10.1 Å². The Hall–Kier alpha value is -4.38. The molecule has 1 amide bonds. The molecule has 2 heterocycles. The zero-order valence-electron chi connectivity index (χ0n) is 20.5. The highest BCUT2D eigenvalue weighted by Crippen LogP contribution is 2.32. The van der Waals surface area contributed by atoms with Crippen molar-refractivity contribution in [1.29, 1.82) is 0 Å². The summed E-state index contributed by atoms with van der Waals surface area (Å²) >= 11 is 0. The van der Waals surface area contributed by atoms with Crippen molar-refractivity contribution in [3.63, 3.8) is 0 Å². The Morgan fingerprint density at radius 3 is 2.22 bits per heavy atom. The second-order valence-electron chi connectivity index (χ2n) is 8.92.